The van der Waals surface area contributed by atoms with Crippen molar-refractivity contribution in [3.8, 4) is 5.75 Å². The number of aryl methyl sites for hydroxylation is 2. The van der Waals surface area contributed by atoms with Crippen molar-refractivity contribution >= 4 is 11.8 Å². The number of aromatic nitrogens is 1. The fourth-order valence-corrected chi connectivity index (χ4v) is 1.93. The Morgan fingerprint density at radius 1 is 1.27 bits per heavy atom. The first-order chi connectivity index (χ1) is 10.6. The van der Waals surface area contributed by atoms with Crippen molar-refractivity contribution < 1.29 is 14.3 Å². The Hall–Kier alpha value is -2.56. The highest BCUT2D eigenvalue weighted by Crippen LogP contribution is 2.22. The molecule has 0 aliphatic rings. The lowest BCUT2D eigenvalue weighted by Crippen LogP contribution is -2.11. The number of nitrogens with zero attached hydrogens (tertiary/aromatic N) is 1. The van der Waals surface area contributed by atoms with Crippen LogP contribution in [0.15, 0.2) is 36.5 Å². The largest absolute Gasteiger partial charge is 0.487 e. The number of methoxy groups -OCH3 is 1. The van der Waals surface area contributed by atoms with Gasteiger partial charge in [0.1, 0.15) is 12.4 Å². The molecule has 1 heterocycles. The van der Waals surface area contributed by atoms with Gasteiger partial charge in [-0.1, -0.05) is 13.0 Å². The summed E-state index contributed by atoms with van der Waals surface area (Å²) in [6.07, 6.45) is 2.35. The van der Waals surface area contributed by atoms with Gasteiger partial charge in [-0.3, -0.25) is 10.3 Å². The zero-order valence-corrected chi connectivity index (χ0v) is 13.1. The number of rotatable bonds is 5. The van der Waals surface area contributed by atoms with E-state index in [4.69, 9.17) is 4.74 Å². The number of nitrogens with one attached hydrogen (secondary N) is 1. The first kappa shape index (κ1) is 15.8. The molecule has 1 aromatic heterocycles. The molecular formula is C17H20N2O3. The molecule has 22 heavy (non-hydrogen) atoms. The molecule has 5 nitrogen and oxygen atoms in total. The van der Waals surface area contributed by atoms with Gasteiger partial charge in [-0.25, -0.2) is 4.79 Å². The summed E-state index contributed by atoms with van der Waals surface area (Å²) in [5, 5.41) is 2.64. The van der Waals surface area contributed by atoms with E-state index in [2.05, 4.69) is 28.0 Å². The molecule has 1 amide bonds. The first-order valence-corrected chi connectivity index (χ1v) is 7.14. The average Bonchev–Trinajstić information content (AvgIpc) is 2.55. The van der Waals surface area contributed by atoms with Gasteiger partial charge in [-0.2, -0.15) is 0 Å². The maximum Gasteiger partial charge on any atom is 0.411 e. The normalized spacial score (nSPS) is 10.1. The molecule has 5 heteroatoms. The lowest BCUT2D eigenvalue weighted by atomic mass is 10.2. The number of hydrogen-bond acceptors (Lipinski definition) is 4. The minimum Gasteiger partial charge on any atom is -0.487 e. The Balaban J connectivity index is 1.98. The quantitative estimate of drug-likeness (QED) is 0.914. The molecule has 0 fully saturated rings. The zero-order valence-electron chi connectivity index (χ0n) is 13.1. The highest BCUT2D eigenvalue weighted by Gasteiger charge is 2.05. The van der Waals surface area contributed by atoms with Crippen molar-refractivity contribution in [2.45, 2.75) is 26.9 Å². The van der Waals surface area contributed by atoms with Crippen LogP contribution in [0.1, 0.15) is 23.7 Å². The van der Waals surface area contributed by atoms with E-state index >= 15 is 0 Å². The summed E-state index contributed by atoms with van der Waals surface area (Å²) in [6.45, 7) is 4.40. The van der Waals surface area contributed by atoms with E-state index in [1.165, 1.54) is 12.7 Å². The van der Waals surface area contributed by atoms with E-state index in [0.717, 1.165) is 23.4 Å². The summed E-state index contributed by atoms with van der Waals surface area (Å²) >= 11 is 0. The second-order valence-electron chi connectivity index (χ2n) is 4.89. The van der Waals surface area contributed by atoms with Gasteiger partial charge in [0.25, 0.3) is 0 Å². The van der Waals surface area contributed by atoms with E-state index < -0.39 is 6.09 Å². The number of benzene rings is 1. The molecule has 0 saturated carbocycles. The van der Waals surface area contributed by atoms with Crippen LogP contribution in [0, 0.1) is 6.92 Å². The van der Waals surface area contributed by atoms with Crippen molar-refractivity contribution in [3.05, 3.63) is 53.3 Å². The van der Waals surface area contributed by atoms with Crippen molar-refractivity contribution in [1.82, 2.24) is 4.98 Å². The van der Waals surface area contributed by atoms with Gasteiger partial charge in [0.2, 0.25) is 0 Å². The molecule has 0 saturated heterocycles. The predicted molar refractivity (Wildman–Crippen MR) is 85.2 cm³/mol. The van der Waals surface area contributed by atoms with E-state index in [1.807, 2.05) is 25.3 Å². The van der Waals surface area contributed by atoms with Gasteiger partial charge in [0.15, 0.2) is 0 Å². The van der Waals surface area contributed by atoms with Gasteiger partial charge in [0, 0.05) is 11.9 Å². The number of amides is 1. The third-order valence-corrected chi connectivity index (χ3v) is 3.30. The lowest BCUT2D eigenvalue weighted by molar-refractivity contribution is 0.187. The molecule has 0 bridgehead atoms. The molecule has 0 unspecified atom stereocenters. The Labute approximate surface area is 130 Å². The molecule has 0 aliphatic heterocycles. The number of carbonyl (C=O) groups is 1. The van der Waals surface area contributed by atoms with E-state index in [-0.39, 0.29) is 0 Å². The Bertz CT molecular complexity index is 639. The molecule has 0 atom stereocenters. The Morgan fingerprint density at radius 3 is 2.68 bits per heavy atom. The van der Waals surface area contributed by atoms with Crippen molar-refractivity contribution in [1.29, 1.82) is 0 Å². The number of pyridine rings is 1. The fourth-order valence-electron chi connectivity index (χ4n) is 1.93. The van der Waals surface area contributed by atoms with Crippen LogP contribution < -0.4 is 10.1 Å². The molecular weight excluding hydrogens is 280 g/mol. The second-order valence-corrected chi connectivity index (χ2v) is 4.89. The van der Waals surface area contributed by atoms with E-state index in [1.54, 1.807) is 12.1 Å². The molecule has 0 radical (unpaired) electrons. The zero-order chi connectivity index (χ0) is 15.9. The second kappa shape index (κ2) is 7.45. The maximum atomic E-state index is 11.2. The van der Waals surface area contributed by atoms with Crippen LogP contribution in [0.4, 0.5) is 10.5 Å². The minimum absolute atomic E-state index is 0.410. The van der Waals surface area contributed by atoms with Crippen LogP contribution in [0.2, 0.25) is 0 Å². The summed E-state index contributed by atoms with van der Waals surface area (Å²) in [7, 11) is 1.33. The molecule has 116 valence electrons. The van der Waals surface area contributed by atoms with Gasteiger partial charge in [-0.05, 0) is 48.7 Å². The highest BCUT2D eigenvalue weighted by molar-refractivity contribution is 5.85. The summed E-state index contributed by atoms with van der Waals surface area (Å²) in [5.41, 5.74) is 3.69. The summed E-state index contributed by atoms with van der Waals surface area (Å²) < 4.78 is 10.3. The third-order valence-electron chi connectivity index (χ3n) is 3.30. The third kappa shape index (κ3) is 4.22. The number of anilines is 1. The van der Waals surface area contributed by atoms with Crippen molar-refractivity contribution in [2.75, 3.05) is 12.4 Å². The Kier molecular flexibility index (Phi) is 5.36. The monoisotopic (exact) mass is 300 g/mol. The molecule has 2 rings (SSSR count). The standard InChI is InChI=1S/C17H20N2O3/c1-4-13-5-6-14(18-10-13)11-22-15-7-8-16(12(2)9-15)19-17(20)21-3/h5-10H,4,11H2,1-3H3,(H,19,20). The summed E-state index contributed by atoms with van der Waals surface area (Å²) in [6, 6.07) is 9.48. The minimum atomic E-state index is -0.489. The van der Waals surface area contributed by atoms with Crippen LogP contribution in [0.25, 0.3) is 0 Å². The van der Waals surface area contributed by atoms with Gasteiger partial charge < -0.3 is 9.47 Å². The molecule has 1 N–H and O–H groups in total. The van der Waals surface area contributed by atoms with Crippen LogP contribution in [-0.2, 0) is 17.8 Å². The number of carbonyl (C=O) groups excluding carboxylic acids is 1. The smallest absolute Gasteiger partial charge is 0.411 e. The van der Waals surface area contributed by atoms with Gasteiger partial charge in [0.05, 0.1) is 12.8 Å². The summed E-state index contributed by atoms with van der Waals surface area (Å²) in [5.74, 6) is 0.731. The molecule has 0 spiro atoms. The van der Waals surface area contributed by atoms with E-state index in [9.17, 15) is 4.79 Å². The topological polar surface area (TPSA) is 60.5 Å². The number of ether oxygens (including phenoxy) is 2. The average molecular weight is 300 g/mol. The van der Waals surface area contributed by atoms with Gasteiger partial charge in [-0.15, -0.1) is 0 Å². The number of hydrogen-bond donors (Lipinski definition) is 1. The van der Waals surface area contributed by atoms with Crippen LogP contribution in [0.5, 0.6) is 5.75 Å². The lowest BCUT2D eigenvalue weighted by Gasteiger charge is -2.10. The highest BCUT2D eigenvalue weighted by atomic mass is 16.5. The molecule has 0 aliphatic carbocycles. The summed E-state index contributed by atoms with van der Waals surface area (Å²) in [4.78, 5) is 15.6. The molecule has 1 aromatic carbocycles. The molecule has 2 aromatic rings. The first-order valence-electron chi connectivity index (χ1n) is 7.14. The van der Waals surface area contributed by atoms with Crippen molar-refractivity contribution in [3.63, 3.8) is 0 Å². The Morgan fingerprint density at radius 2 is 2.09 bits per heavy atom. The predicted octanol–water partition coefficient (Wildman–Crippen LogP) is 3.71. The van der Waals surface area contributed by atoms with Crippen LogP contribution >= 0.6 is 0 Å². The fraction of sp³-hybridized carbons (Fsp3) is 0.294. The van der Waals surface area contributed by atoms with Crippen LogP contribution in [-0.4, -0.2) is 18.2 Å². The SMILES string of the molecule is CCc1ccc(COc2ccc(NC(=O)OC)c(C)c2)nc1. The van der Waals surface area contributed by atoms with Crippen LogP contribution in [0.3, 0.4) is 0 Å². The van der Waals surface area contributed by atoms with E-state index in [0.29, 0.717) is 12.3 Å². The maximum absolute atomic E-state index is 11.2. The van der Waals surface area contributed by atoms with Crippen molar-refractivity contribution in [2.24, 2.45) is 0 Å². The van der Waals surface area contributed by atoms with Gasteiger partial charge >= 0.3 is 6.09 Å².